The van der Waals surface area contributed by atoms with Gasteiger partial charge in [0.15, 0.2) is 0 Å². The molecular formula is C16H15Cl2FIN. The molecule has 2 aromatic rings. The maximum atomic E-state index is 13.3. The van der Waals surface area contributed by atoms with E-state index in [4.69, 9.17) is 23.2 Å². The van der Waals surface area contributed by atoms with Gasteiger partial charge >= 0.3 is 0 Å². The van der Waals surface area contributed by atoms with Gasteiger partial charge in [0.25, 0.3) is 0 Å². The first-order valence-corrected chi connectivity index (χ1v) is 8.49. The van der Waals surface area contributed by atoms with E-state index in [1.807, 2.05) is 6.07 Å². The van der Waals surface area contributed by atoms with Gasteiger partial charge in [0.05, 0.1) is 6.04 Å². The van der Waals surface area contributed by atoms with Gasteiger partial charge in [-0.3, -0.25) is 0 Å². The Hall–Kier alpha value is -0.360. The van der Waals surface area contributed by atoms with Crippen molar-refractivity contribution in [2.45, 2.75) is 19.4 Å². The van der Waals surface area contributed by atoms with Crippen LogP contribution in [0.2, 0.25) is 10.0 Å². The van der Waals surface area contributed by atoms with Crippen LogP contribution in [0.5, 0.6) is 0 Å². The molecule has 0 aliphatic carbocycles. The van der Waals surface area contributed by atoms with Crippen LogP contribution in [-0.4, -0.2) is 6.54 Å². The second kappa shape index (κ2) is 7.77. The summed E-state index contributed by atoms with van der Waals surface area (Å²) in [4.78, 5) is 0. The molecule has 0 bridgehead atoms. The maximum Gasteiger partial charge on any atom is 0.124 e. The highest BCUT2D eigenvalue weighted by Crippen LogP contribution is 2.33. The Morgan fingerprint density at radius 1 is 1.14 bits per heavy atom. The van der Waals surface area contributed by atoms with Gasteiger partial charge in [-0.15, -0.1) is 0 Å². The molecule has 0 heterocycles. The van der Waals surface area contributed by atoms with Gasteiger partial charge in [-0.05, 0) is 77.0 Å². The number of halogens is 4. The third kappa shape index (κ3) is 4.31. The largest absolute Gasteiger partial charge is 0.306 e. The molecule has 0 aromatic heterocycles. The van der Waals surface area contributed by atoms with E-state index in [1.165, 1.54) is 12.1 Å². The van der Waals surface area contributed by atoms with Crippen molar-refractivity contribution in [3.8, 4) is 0 Å². The van der Waals surface area contributed by atoms with Crippen LogP contribution in [-0.2, 0) is 0 Å². The van der Waals surface area contributed by atoms with E-state index in [9.17, 15) is 4.39 Å². The van der Waals surface area contributed by atoms with Crippen LogP contribution >= 0.6 is 45.8 Å². The van der Waals surface area contributed by atoms with Gasteiger partial charge in [0.1, 0.15) is 5.82 Å². The molecule has 0 aliphatic heterocycles. The minimum absolute atomic E-state index is 0.108. The molecule has 2 aromatic carbocycles. The van der Waals surface area contributed by atoms with Gasteiger partial charge in [-0.1, -0.05) is 36.2 Å². The van der Waals surface area contributed by atoms with Crippen molar-refractivity contribution in [3.63, 3.8) is 0 Å². The first-order chi connectivity index (χ1) is 10.0. The highest BCUT2D eigenvalue weighted by atomic mass is 127. The predicted octanol–water partition coefficient (Wildman–Crippen LogP) is 5.83. The van der Waals surface area contributed by atoms with E-state index in [1.54, 1.807) is 18.2 Å². The van der Waals surface area contributed by atoms with Gasteiger partial charge < -0.3 is 5.32 Å². The number of rotatable bonds is 5. The molecule has 0 fully saturated rings. The second-order valence-corrected chi connectivity index (χ2v) is 6.72. The summed E-state index contributed by atoms with van der Waals surface area (Å²) >= 11 is 14.6. The fourth-order valence-corrected chi connectivity index (χ4v) is 3.34. The maximum absolute atomic E-state index is 13.3. The van der Waals surface area contributed by atoms with E-state index in [0.717, 1.165) is 27.7 Å². The molecule has 2 rings (SSSR count). The standard InChI is InChI=1S/C16H15Cl2FIN/c1-2-7-21-16(12-5-4-11(19)9-15(12)20)13-8-10(17)3-6-14(13)18/h3-6,8-9,16,21H,2,7H2,1H3. The number of nitrogens with one attached hydrogen (secondary N) is 1. The van der Waals surface area contributed by atoms with E-state index in [2.05, 4.69) is 34.8 Å². The Bertz CT molecular complexity index is 634. The van der Waals surface area contributed by atoms with Crippen molar-refractivity contribution in [2.75, 3.05) is 6.54 Å². The highest BCUT2D eigenvalue weighted by molar-refractivity contribution is 14.1. The lowest BCUT2D eigenvalue weighted by Crippen LogP contribution is -2.24. The van der Waals surface area contributed by atoms with Gasteiger partial charge in [0.2, 0.25) is 0 Å². The van der Waals surface area contributed by atoms with E-state index in [0.29, 0.717) is 10.0 Å². The lowest BCUT2D eigenvalue weighted by Gasteiger charge is -2.22. The Labute approximate surface area is 148 Å². The minimum Gasteiger partial charge on any atom is -0.306 e. The van der Waals surface area contributed by atoms with Gasteiger partial charge in [-0.25, -0.2) is 4.39 Å². The number of benzene rings is 2. The summed E-state index contributed by atoms with van der Waals surface area (Å²) < 4.78 is 14.2. The fraction of sp³-hybridized carbons (Fsp3) is 0.250. The monoisotopic (exact) mass is 437 g/mol. The third-order valence-electron chi connectivity index (χ3n) is 3.14. The van der Waals surface area contributed by atoms with E-state index >= 15 is 0 Å². The van der Waals surface area contributed by atoms with Crippen LogP contribution < -0.4 is 5.32 Å². The lowest BCUT2D eigenvalue weighted by atomic mass is 9.98. The van der Waals surface area contributed by atoms with Crippen molar-refractivity contribution in [2.24, 2.45) is 0 Å². The summed E-state index contributed by atoms with van der Waals surface area (Å²) in [5, 5.41) is 4.74. The Morgan fingerprint density at radius 3 is 2.57 bits per heavy atom. The SMILES string of the molecule is CCCNC(c1cc(Cl)ccc1Cl)c1ccc(F)cc1I. The van der Waals surface area contributed by atoms with Crippen molar-refractivity contribution in [1.82, 2.24) is 5.32 Å². The molecule has 112 valence electrons. The normalized spacial score (nSPS) is 12.4. The summed E-state index contributed by atoms with van der Waals surface area (Å²) in [6.45, 7) is 2.93. The molecule has 0 radical (unpaired) electrons. The molecule has 5 heteroatoms. The van der Waals surface area contributed by atoms with E-state index in [-0.39, 0.29) is 11.9 Å². The topological polar surface area (TPSA) is 12.0 Å². The predicted molar refractivity (Wildman–Crippen MR) is 95.7 cm³/mol. The molecular weight excluding hydrogens is 423 g/mol. The third-order valence-corrected chi connectivity index (χ3v) is 4.65. The fourth-order valence-electron chi connectivity index (χ4n) is 2.15. The molecule has 1 N–H and O–H groups in total. The van der Waals surface area contributed by atoms with E-state index < -0.39 is 0 Å². The van der Waals surface area contributed by atoms with Crippen molar-refractivity contribution in [1.29, 1.82) is 0 Å². The molecule has 0 saturated carbocycles. The highest BCUT2D eigenvalue weighted by Gasteiger charge is 2.19. The zero-order chi connectivity index (χ0) is 15.4. The van der Waals surface area contributed by atoms with Crippen LogP contribution in [0.3, 0.4) is 0 Å². The molecule has 0 spiro atoms. The van der Waals surface area contributed by atoms with Crippen LogP contribution in [0.15, 0.2) is 36.4 Å². The minimum atomic E-state index is -0.241. The smallest absolute Gasteiger partial charge is 0.124 e. The number of hydrogen-bond acceptors (Lipinski definition) is 1. The first-order valence-electron chi connectivity index (χ1n) is 6.66. The second-order valence-electron chi connectivity index (χ2n) is 4.72. The van der Waals surface area contributed by atoms with Crippen molar-refractivity contribution in [3.05, 3.63) is 67.0 Å². The summed E-state index contributed by atoms with van der Waals surface area (Å²) in [6.07, 6.45) is 0.993. The summed E-state index contributed by atoms with van der Waals surface area (Å²) in [5.41, 5.74) is 1.90. The summed E-state index contributed by atoms with van der Waals surface area (Å²) in [6, 6.07) is 10.1. The molecule has 0 saturated heterocycles. The lowest BCUT2D eigenvalue weighted by molar-refractivity contribution is 0.590. The van der Waals surface area contributed by atoms with Crippen LogP contribution in [0.1, 0.15) is 30.5 Å². The Morgan fingerprint density at radius 2 is 1.90 bits per heavy atom. The average molecular weight is 438 g/mol. The molecule has 0 aliphatic rings. The Balaban J connectivity index is 2.49. The summed E-state index contributed by atoms with van der Waals surface area (Å²) in [5.74, 6) is -0.241. The van der Waals surface area contributed by atoms with Crippen LogP contribution in [0.25, 0.3) is 0 Å². The molecule has 21 heavy (non-hydrogen) atoms. The van der Waals surface area contributed by atoms with Gasteiger partial charge in [-0.2, -0.15) is 0 Å². The zero-order valence-corrected chi connectivity index (χ0v) is 15.1. The summed E-state index contributed by atoms with van der Waals surface area (Å²) in [7, 11) is 0. The average Bonchev–Trinajstić information content (AvgIpc) is 2.44. The zero-order valence-electron chi connectivity index (χ0n) is 11.5. The first kappa shape index (κ1) is 17.0. The molecule has 0 amide bonds. The number of hydrogen-bond donors (Lipinski definition) is 1. The molecule has 1 nitrogen and oxygen atoms in total. The molecule has 1 atom stereocenters. The quantitative estimate of drug-likeness (QED) is 0.580. The van der Waals surface area contributed by atoms with Crippen LogP contribution in [0.4, 0.5) is 4.39 Å². The van der Waals surface area contributed by atoms with Crippen molar-refractivity contribution < 1.29 is 4.39 Å². The van der Waals surface area contributed by atoms with Gasteiger partial charge in [0, 0.05) is 13.6 Å². The molecule has 1 unspecified atom stereocenters. The Kier molecular flexibility index (Phi) is 6.29. The van der Waals surface area contributed by atoms with Crippen LogP contribution in [0, 0.1) is 9.39 Å². The van der Waals surface area contributed by atoms with Crippen molar-refractivity contribution >= 4 is 45.8 Å².